The van der Waals surface area contributed by atoms with Gasteiger partial charge in [-0.05, 0) is 70.6 Å². The largest absolute Gasteiger partial charge is 0.457 e. The molecule has 5 nitrogen and oxygen atoms in total. The van der Waals surface area contributed by atoms with E-state index in [0.717, 1.165) is 20.6 Å². The molecule has 0 fully saturated rings. The van der Waals surface area contributed by atoms with Crippen LogP contribution in [0, 0.1) is 3.57 Å². The van der Waals surface area contributed by atoms with Crippen molar-refractivity contribution in [2.75, 3.05) is 5.73 Å². The Morgan fingerprint density at radius 3 is 2.60 bits per heavy atom. The van der Waals surface area contributed by atoms with E-state index in [9.17, 15) is 4.79 Å². The van der Waals surface area contributed by atoms with Crippen LogP contribution in [0.3, 0.4) is 0 Å². The molecule has 0 radical (unpaired) electrons. The summed E-state index contributed by atoms with van der Waals surface area (Å²) in [6.07, 6.45) is 1.55. The van der Waals surface area contributed by atoms with E-state index >= 15 is 0 Å². The predicted octanol–water partition coefficient (Wildman–Crippen LogP) is 3.99. The van der Waals surface area contributed by atoms with E-state index in [1.54, 1.807) is 18.3 Å². The predicted molar refractivity (Wildman–Crippen MR) is 105 cm³/mol. The number of nitrogens with one attached hydrogen (secondary N) is 1. The van der Waals surface area contributed by atoms with Crippen molar-refractivity contribution in [3.8, 4) is 11.5 Å². The smallest absolute Gasteiger partial charge is 0.255 e. The van der Waals surface area contributed by atoms with Crippen LogP contribution in [0.1, 0.15) is 15.9 Å². The minimum atomic E-state index is -0.246. The van der Waals surface area contributed by atoms with Gasteiger partial charge in [0.2, 0.25) is 0 Å². The maximum absolute atomic E-state index is 12.1. The Hall–Kier alpha value is -2.61. The van der Waals surface area contributed by atoms with E-state index < -0.39 is 0 Å². The molecule has 0 aliphatic heterocycles. The highest BCUT2D eigenvalue weighted by molar-refractivity contribution is 14.1. The van der Waals surface area contributed by atoms with Crippen LogP contribution < -0.4 is 15.8 Å². The van der Waals surface area contributed by atoms with Crippen LogP contribution >= 0.6 is 22.6 Å². The van der Waals surface area contributed by atoms with Gasteiger partial charge in [-0.25, -0.2) is 4.98 Å². The number of hydrogen-bond acceptors (Lipinski definition) is 4. The first-order chi connectivity index (χ1) is 12.1. The number of pyridine rings is 1. The van der Waals surface area contributed by atoms with E-state index in [2.05, 4.69) is 32.9 Å². The van der Waals surface area contributed by atoms with Crippen LogP contribution in [0.15, 0.2) is 66.9 Å². The van der Waals surface area contributed by atoms with Gasteiger partial charge in [0.15, 0.2) is 0 Å². The first-order valence-corrected chi connectivity index (χ1v) is 8.71. The number of aromatic nitrogens is 1. The number of nitrogens with zero attached hydrogens (tertiary/aromatic N) is 1. The number of anilines is 1. The zero-order chi connectivity index (χ0) is 17.6. The number of carbonyl (C=O) groups excluding carboxylic acids is 1. The zero-order valence-corrected chi connectivity index (χ0v) is 15.4. The molecule has 6 heteroatoms. The van der Waals surface area contributed by atoms with Gasteiger partial charge in [-0.3, -0.25) is 4.79 Å². The van der Waals surface area contributed by atoms with Crippen molar-refractivity contribution in [1.29, 1.82) is 0 Å². The molecule has 1 aromatic heterocycles. The summed E-state index contributed by atoms with van der Waals surface area (Å²) in [6, 6.07) is 18.7. The van der Waals surface area contributed by atoms with E-state index in [1.165, 1.54) is 0 Å². The lowest BCUT2D eigenvalue weighted by molar-refractivity contribution is 0.0951. The number of hydrogen-bond donors (Lipinski definition) is 2. The Kier molecular flexibility index (Phi) is 5.49. The average molecular weight is 445 g/mol. The fourth-order valence-corrected chi connectivity index (χ4v) is 2.74. The summed E-state index contributed by atoms with van der Waals surface area (Å²) >= 11 is 2.24. The molecule has 126 valence electrons. The topological polar surface area (TPSA) is 77.2 Å². The van der Waals surface area contributed by atoms with Gasteiger partial charge in [0.05, 0.1) is 5.56 Å². The molecular weight excluding hydrogens is 429 g/mol. The Balaban J connectivity index is 1.59. The molecule has 0 atom stereocenters. The molecule has 1 heterocycles. The highest BCUT2D eigenvalue weighted by atomic mass is 127. The standard InChI is InChI=1S/C19H16IN3O2/c20-14-3-1-4-16(11-14)25-15-8-6-13(7-9-15)12-23-19(24)17-5-2-10-22-18(17)21/h1-11H,12H2,(H2,21,22)(H,23,24). The number of carbonyl (C=O) groups is 1. The monoisotopic (exact) mass is 445 g/mol. The van der Waals surface area contributed by atoms with E-state index in [1.807, 2.05) is 48.5 Å². The molecule has 0 bridgehead atoms. The molecule has 2 aromatic carbocycles. The molecule has 0 unspecified atom stereocenters. The minimum absolute atomic E-state index is 0.223. The van der Waals surface area contributed by atoms with Crippen molar-refractivity contribution >= 4 is 34.3 Å². The highest BCUT2D eigenvalue weighted by Crippen LogP contribution is 2.23. The lowest BCUT2D eigenvalue weighted by Gasteiger charge is -2.09. The first-order valence-electron chi connectivity index (χ1n) is 7.63. The fraction of sp³-hybridized carbons (Fsp3) is 0.0526. The molecule has 0 aliphatic carbocycles. The van der Waals surface area contributed by atoms with E-state index in [0.29, 0.717) is 12.1 Å². The van der Waals surface area contributed by atoms with Gasteiger partial charge >= 0.3 is 0 Å². The Morgan fingerprint density at radius 2 is 1.88 bits per heavy atom. The van der Waals surface area contributed by atoms with Crippen LogP contribution in [0.5, 0.6) is 11.5 Å². The van der Waals surface area contributed by atoms with Gasteiger partial charge < -0.3 is 15.8 Å². The van der Waals surface area contributed by atoms with Crippen molar-refractivity contribution in [3.63, 3.8) is 0 Å². The third-order valence-corrected chi connectivity index (χ3v) is 4.16. The lowest BCUT2D eigenvalue weighted by atomic mass is 10.2. The summed E-state index contributed by atoms with van der Waals surface area (Å²) in [6.45, 7) is 0.399. The summed E-state index contributed by atoms with van der Waals surface area (Å²) in [4.78, 5) is 16.0. The van der Waals surface area contributed by atoms with Crippen LogP contribution in [-0.2, 0) is 6.54 Å². The number of rotatable bonds is 5. The SMILES string of the molecule is Nc1ncccc1C(=O)NCc1ccc(Oc2cccc(I)c2)cc1. The van der Waals surface area contributed by atoms with Gasteiger partial charge in [-0.1, -0.05) is 18.2 Å². The lowest BCUT2D eigenvalue weighted by Crippen LogP contribution is -2.24. The average Bonchev–Trinajstić information content (AvgIpc) is 2.61. The molecule has 0 saturated heterocycles. The van der Waals surface area contributed by atoms with Crippen LogP contribution in [-0.4, -0.2) is 10.9 Å². The summed E-state index contributed by atoms with van der Waals surface area (Å²) < 4.78 is 6.92. The van der Waals surface area contributed by atoms with Gasteiger partial charge in [0.25, 0.3) is 5.91 Å². The Morgan fingerprint density at radius 1 is 1.08 bits per heavy atom. The summed E-state index contributed by atoms with van der Waals surface area (Å²) in [7, 11) is 0. The molecule has 0 aliphatic rings. The molecule has 3 rings (SSSR count). The molecule has 0 spiro atoms. The molecule has 25 heavy (non-hydrogen) atoms. The molecular formula is C19H16IN3O2. The third-order valence-electron chi connectivity index (χ3n) is 3.49. The second-order valence-corrected chi connectivity index (χ2v) is 6.57. The number of benzene rings is 2. The van der Waals surface area contributed by atoms with Crippen molar-refractivity contribution in [2.45, 2.75) is 6.54 Å². The fourth-order valence-electron chi connectivity index (χ4n) is 2.23. The van der Waals surface area contributed by atoms with Crippen molar-refractivity contribution in [3.05, 3.63) is 81.6 Å². The van der Waals surface area contributed by atoms with Gasteiger partial charge in [0.1, 0.15) is 17.3 Å². The number of nitrogen functional groups attached to an aromatic ring is 1. The quantitative estimate of drug-likeness (QED) is 0.583. The van der Waals surface area contributed by atoms with Crippen molar-refractivity contribution < 1.29 is 9.53 Å². The third kappa shape index (κ3) is 4.69. The summed E-state index contributed by atoms with van der Waals surface area (Å²) in [5, 5.41) is 2.83. The maximum Gasteiger partial charge on any atom is 0.255 e. The number of nitrogens with two attached hydrogens (primary N) is 1. The van der Waals surface area contributed by atoms with Crippen molar-refractivity contribution in [1.82, 2.24) is 10.3 Å². The molecule has 1 amide bonds. The highest BCUT2D eigenvalue weighted by Gasteiger charge is 2.09. The maximum atomic E-state index is 12.1. The normalized spacial score (nSPS) is 10.3. The number of ether oxygens (including phenoxy) is 1. The summed E-state index contributed by atoms with van der Waals surface area (Å²) in [5.74, 6) is 1.51. The van der Waals surface area contributed by atoms with Crippen molar-refractivity contribution in [2.24, 2.45) is 0 Å². The number of halogens is 1. The zero-order valence-electron chi connectivity index (χ0n) is 13.3. The minimum Gasteiger partial charge on any atom is -0.457 e. The first kappa shape index (κ1) is 17.2. The Labute approximate surface area is 159 Å². The van der Waals surface area contributed by atoms with Crippen LogP contribution in [0.4, 0.5) is 5.82 Å². The van der Waals surface area contributed by atoms with Crippen LogP contribution in [0.25, 0.3) is 0 Å². The van der Waals surface area contributed by atoms with Gasteiger partial charge in [-0.2, -0.15) is 0 Å². The van der Waals surface area contributed by atoms with E-state index in [-0.39, 0.29) is 11.7 Å². The van der Waals surface area contributed by atoms with E-state index in [4.69, 9.17) is 10.5 Å². The molecule has 3 N–H and O–H groups in total. The molecule has 0 saturated carbocycles. The Bertz CT molecular complexity index is 882. The van der Waals surface area contributed by atoms with Gasteiger partial charge in [0, 0.05) is 16.3 Å². The molecule has 3 aromatic rings. The number of amides is 1. The summed E-state index contributed by atoms with van der Waals surface area (Å²) in [5.41, 5.74) is 7.04. The second kappa shape index (κ2) is 7.98. The second-order valence-electron chi connectivity index (χ2n) is 5.32. The van der Waals surface area contributed by atoms with Gasteiger partial charge in [-0.15, -0.1) is 0 Å². The van der Waals surface area contributed by atoms with Crippen LogP contribution in [0.2, 0.25) is 0 Å².